The normalized spacial score (nSPS) is 12.7. The Kier molecular flexibility index (Phi) is 5.94. The van der Waals surface area contributed by atoms with Crippen molar-refractivity contribution in [1.82, 2.24) is 9.80 Å². The highest BCUT2D eigenvalue weighted by Crippen LogP contribution is 2.24. The predicted octanol–water partition coefficient (Wildman–Crippen LogP) is 4.21. The minimum atomic E-state index is -0.328. The summed E-state index contributed by atoms with van der Waals surface area (Å²) in [6.07, 6.45) is 0.0874. The van der Waals surface area contributed by atoms with Gasteiger partial charge in [0, 0.05) is 26.1 Å². The summed E-state index contributed by atoms with van der Waals surface area (Å²) in [6.45, 7) is 2.89. The van der Waals surface area contributed by atoms with Crippen molar-refractivity contribution in [2.75, 3.05) is 6.54 Å². The second-order valence-electron chi connectivity index (χ2n) is 7.78. The summed E-state index contributed by atoms with van der Waals surface area (Å²) in [5, 5.41) is 0. The molecule has 4 rings (SSSR count). The molecule has 0 unspecified atom stereocenters. The van der Waals surface area contributed by atoms with E-state index in [1.165, 1.54) is 4.90 Å². The lowest BCUT2D eigenvalue weighted by molar-refractivity contribution is -0.132. The number of aryl methyl sites for hydroxylation is 1. The molecule has 1 aliphatic rings. The fraction of sp³-hybridized carbons (Fsp3) is 0.192. The van der Waals surface area contributed by atoms with Gasteiger partial charge in [-0.05, 0) is 30.2 Å². The number of benzene rings is 3. The van der Waals surface area contributed by atoms with Crippen LogP contribution in [-0.2, 0) is 17.9 Å². The van der Waals surface area contributed by atoms with Gasteiger partial charge in [-0.25, -0.2) is 0 Å². The molecule has 0 N–H and O–H groups in total. The van der Waals surface area contributed by atoms with E-state index in [4.69, 9.17) is 0 Å². The Morgan fingerprint density at radius 3 is 1.90 bits per heavy atom. The lowest BCUT2D eigenvalue weighted by Crippen LogP contribution is -2.36. The average Bonchev–Trinajstić information content (AvgIpc) is 3.02. The summed E-state index contributed by atoms with van der Waals surface area (Å²) in [7, 11) is 0. The molecular weight excluding hydrogens is 388 g/mol. The van der Waals surface area contributed by atoms with Crippen molar-refractivity contribution in [3.8, 4) is 0 Å². The van der Waals surface area contributed by atoms with Crippen molar-refractivity contribution in [1.29, 1.82) is 0 Å². The third-order valence-corrected chi connectivity index (χ3v) is 5.46. The van der Waals surface area contributed by atoms with Crippen LogP contribution in [0.4, 0.5) is 0 Å². The zero-order valence-electron chi connectivity index (χ0n) is 17.5. The van der Waals surface area contributed by atoms with E-state index < -0.39 is 0 Å². The summed E-state index contributed by atoms with van der Waals surface area (Å²) in [5.74, 6) is -0.750. The van der Waals surface area contributed by atoms with E-state index in [9.17, 15) is 14.4 Å². The largest absolute Gasteiger partial charge is 0.334 e. The Hall–Kier alpha value is -3.73. The highest BCUT2D eigenvalue weighted by atomic mass is 16.2. The van der Waals surface area contributed by atoms with E-state index in [0.29, 0.717) is 24.2 Å². The van der Waals surface area contributed by atoms with Crippen molar-refractivity contribution in [3.63, 3.8) is 0 Å². The van der Waals surface area contributed by atoms with Crippen LogP contribution in [0.25, 0.3) is 0 Å². The highest BCUT2D eigenvalue weighted by Gasteiger charge is 2.35. The topological polar surface area (TPSA) is 57.7 Å². The molecule has 0 saturated heterocycles. The Morgan fingerprint density at radius 1 is 0.774 bits per heavy atom. The summed E-state index contributed by atoms with van der Waals surface area (Å²) in [6, 6.07) is 24.8. The molecule has 31 heavy (non-hydrogen) atoms. The molecule has 3 amide bonds. The maximum Gasteiger partial charge on any atom is 0.261 e. The number of carbonyl (C=O) groups is 3. The van der Waals surface area contributed by atoms with Gasteiger partial charge in [0.1, 0.15) is 0 Å². The number of hydrogen-bond donors (Lipinski definition) is 0. The number of rotatable bonds is 7. The van der Waals surface area contributed by atoms with Crippen LogP contribution in [0, 0.1) is 6.92 Å². The van der Waals surface area contributed by atoms with Gasteiger partial charge in [-0.1, -0.05) is 72.3 Å². The monoisotopic (exact) mass is 412 g/mol. The number of nitrogens with zero attached hydrogens (tertiary/aromatic N) is 2. The molecule has 156 valence electrons. The highest BCUT2D eigenvalue weighted by molar-refractivity contribution is 6.21. The van der Waals surface area contributed by atoms with Gasteiger partial charge < -0.3 is 4.90 Å². The molecule has 0 atom stereocenters. The van der Waals surface area contributed by atoms with Crippen molar-refractivity contribution in [3.05, 3.63) is 107 Å². The van der Waals surface area contributed by atoms with Crippen molar-refractivity contribution < 1.29 is 14.4 Å². The Morgan fingerprint density at radius 2 is 1.32 bits per heavy atom. The molecule has 0 aliphatic carbocycles. The first-order valence-corrected chi connectivity index (χ1v) is 10.4. The first-order valence-electron chi connectivity index (χ1n) is 10.4. The zero-order chi connectivity index (χ0) is 21.8. The molecule has 5 nitrogen and oxygen atoms in total. The van der Waals surface area contributed by atoms with Crippen LogP contribution in [0.5, 0.6) is 0 Å². The van der Waals surface area contributed by atoms with Crippen LogP contribution >= 0.6 is 0 Å². The smallest absolute Gasteiger partial charge is 0.261 e. The van der Waals surface area contributed by atoms with Gasteiger partial charge in [0.15, 0.2) is 0 Å². The van der Waals surface area contributed by atoms with Crippen molar-refractivity contribution in [2.45, 2.75) is 26.4 Å². The molecule has 0 bridgehead atoms. The molecule has 0 radical (unpaired) electrons. The van der Waals surface area contributed by atoms with E-state index in [-0.39, 0.29) is 30.7 Å². The molecule has 1 heterocycles. The van der Waals surface area contributed by atoms with Crippen molar-refractivity contribution >= 4 is 17.7 Å². The van der Waals surface area contributed by atoms with Gasteiger partial charge in [0.2, 0.25) is 5.91 Å². The maximum atomic E-state index is 13.1. The van der Waals surface area contributed by atoms with Crippen LogP contribution in [-0.4, -0.2) is 34.1 Å². The lowest BCUT2D eigenvalue weighted by atomic mass is 10.1. The van der Waals surface area contributed by atoms with Crippen LogP contribution in [0.15, 0.2) is 78.9 Å². The second kappa shape index (κ2) is 8.96. The summed E-state index contributed by atoms with van der Waals surface area (Å²) >= 11 is 0. The quantitative estimate of drug-likeness (QED) is 0.546. The van der Waals surface area contributed by atoms with Gasteiger partial charge in [0.25, 0.3) is 11.8 Å². The third-order valence-electron chi connectivity index (χ3n) is 5.46. The summed E-state index contributed by atoms with van der Waals surface area (Å²) in [5.41, 5.74) is 3.82. The van der Waals surface area contributed by atoms with Crippen LogP contribution in [0.2, 0.25) is 0 Å². The minimum absolute atomic E-state index is 0.0737. The van der Waals surface area contributed by atoms with Gasteiger partial charge >= 0.3 is 0 Å². The van der Waals surface area contributed by atoms with E-state index in [1.807, 2.05) is 73.7 Å². The molecule has 5 heteroatoms. The Balaban J connectivity index is 1.47. The van der Waals surface area contributed by atoms with E-state index in [0.717, 1.165) is 16.7 Å². The first kappa shape index (κ1) is 20.5. The molecule has 0 aromatic heterocycles. The van der Waals surface area contributed by atoms with Crippen molar-refractivity contribution in [2.24, 2.45) is 0 Å². The van der Waals surface area contributed by atoms with E-state index >= 15 is 0 Å². The zero-order valence-corrected chi connectivity index (χ0v) is 17.5. The molecule has 0 spiro atoms. The number of hydrogen-bond acceptors (Lipinski definition) is 3. The van der Waals surface area contributed by atoms with Crippen LogP contribution in [0.3, 0.4) is 0 Å². The van der Waals surface area contributed by atoms with Gasteiger partial charge in [-0.3, -0.25) is 19.3 Å². The van der Waals surface area contributed by atoms with Gasteiger partial charge in [0.05, 0.1) is 11.1 Å². The Labute approximate surface area is 181 Å². The average molecular weight is 412 g/mol. The number of imide groups is 1. The molecular formula is C26H24N2O3. The van der Waals surface area contributed by atoms with E-state index in [2.05, 4.69) is 0 Å². The fourth-order valence-corrected chi connectivity index (χ4v) is 3.81. The fourth-order valence-electron chi connectivity index (χ4n) is 3.81. The molecule has 1 aliphatic heterocycles. The number of amides is 3. The molecule has 0 fully saturated rings. The second-order valence-corrected chi connectivity index (χ2v) is 7.78. The predicted molar refractivity (Wildman–Crippen MR) is 118 cm³/mol. The van der Waals surface area contributed by atoms with Crippen LogP contribution in [0.1, 0.15) is 43.8 Å². The van der Waals surface area contributed by atoms with Crippen LogP contribution < -0.4 is 0 Å². The number of carbonyl (C=O) groups excluding carboxylic acids is 3. The minimum Gasteiger partial charge on any atom is -0.334 e. The summed E-state index contributed by atoms with van der Waals surface area (Å²) in [4.78, 5) is 41.4. The van der Waals surface area contributed by atoms with Gasteiger partial charge in [-0.2, -0.15) is 0 Å². The number of fused-ring (bicyclic) bond motifs is 1. The molecule has 3 aromatic rings. The Bertz CT molecular complexity index is 1070. The van der Waals surface area contributed by atoms with Gasteiger partial charge in [-0.15, -0.1) is 0 Å². The standard InChI is InChI=1S/C26H24N2O3/c1-19-12-13-22-23(16-19)26(31)28(25(22)30)15-14-24(29)27(17-20-8-4-2-5-9-20)18-21-10-6-3-7-11-21/h2-13,16H,14-15,17-18H2,1H3. The summed E-state index contributed by atoms with van der Waals surface area (Å²) < 4.78 is 0. The lowest BCUT2D eigenvalue weighted by Gasteiger charge is -2.24. The maximum absolute atomic E-state index is 13.1. The molecule has 3 aromatic carbocycles. The third kappa shape index (κ3) is 4.56. The first-order chi connectivity index (χ1) is 15.0. The van der Waals surface area contributed by atoms with E-state index in [1.54, 1.807) is 17.0 Å². The SMILES string of the molecule is Cc1ccc2c(c1)C(=O)N(CCC(=O)N(Cc1ccccc1)Cc1ccccc1)C2=O. The molecule has 0 saturated carbocycles.